The molecule has 2 heterocycles. The predicted octanol–water partition coefficient (Wildman–Crippen LogP) is 0.890. The molecule has 1 fully saturated rings. The highest BCUT2D eigenvalue weighted by atomic mass is 32.1. The molecule has 0 spiro atoms. The summed E-state index contributed by atoms with van der Waals surface area (Å²) in [4.78, 5) is 17.6. The molecule has 5 heteroatoms. The van der Waals surface area contributed by atoms with Gasteiger partial charge in [0, 0.05) is 18.5 Å². The predicted molar refractivity (Wildman–Crippen MR) is 56.0 cm³/mol. The van der Waals surface area contributed by atoms with E-state index < -0.39 is 0 Å². The molecule has 0 unspecified atom stereocenters. The van der Waals surface area contributed by atoms with E-state index in [4.69, 9.17) is 5.73 Å². The minimum Gasteiger partial charge on any atom is -0.375 e. The summed E-state index contributed by atoms with van der Waals surface area (Å²) in [5, 5.41) is 2.39. The number of thiazole rings is 1. The second-order valence-corrected chi connectivity index (χ2v) is 4.33. The normalized spacial score (nSPS) is 16.1. The second kappa shape index (κ2) is 3.96. The van der Waals surface area contributed by atoms with Gasteiger partial charge in [-0.25, -0.2) is 4.98 Å². The maximum Gasteiger partial charge on any atom is 0.228 e. The lowest BCUT2D eigenvalue weighted by atomic mass is 10.3. The molecule has 4 nitrogen and oxygen atoms in total. The van der Waals surface area contributed by atoms with Gasteiger partial charge in [0.15, 0.2) is 5.13 Å². The zero-order chi connectivity index (χ0) is 9.97. The molecule has 1 aromatic heterocycles. The molecule has 1 amide bonds. The first-order valence-electron chi connectivity index (χ1n) is 4.73. The minimum absolute atomic E-state index is 0.174. The lowest BCUT2D eigenvalue weighted by Crippen LogP contribution is -2.29. The van der Waals surface area contributed by atoms with Crippen LogP contribution in [0.3, 0.4) is 0 Å². The van der Waals surface area contributed by atoms with Crippen LogP contribution in [0.5, 0.6) is 0 Å². The Hall–Kier alpha value is -1.10. The van der Waals surface area contributed by atoms with Crippen molar-refractivity contribution in [1.29, 1.82) is 0 Å². The lowest BCUT2D eigenvalue weighted by Gasteiger charge is -2.13. The zero-order valence-corrected chi connectivity index (χ0v) is 8.72. The fourth-order valence-electron chi connectivity index (χ4n) is 1.64. The van der Waals surface area contributed by atoms with Gasteiger partial charge in [0.2, 0.25) is 5.91 Å². The summed E-state index contributed by atoms with van der Waals surface area (Å²) in [5.74, 6) is 0.174. The van der Waals surface area contributed by atoms with Gasteiger partial charge >= 0.3 is 0 Å². The second-order valence-electron chi connectivity index (χ2n) is 3.44. The topological polar surface area (TPSA) is 59.2 Å². The Balaban J connectivity index is 1.93. The van der Waals surface area contributed by atoms with Crippen LogP contribution in [0.15, 0.2) is 5.38 Å². The third-order valence-corrected chi connectivity index (χ3v) is 3.08. The van der Waals surface area contributed by atoms with Crippen LogP contribution in [0.4, 0.5) is 5.13 Å². The van der Waals surface area contributed by atoms with Crippen molar-refractivity contribution in [2.75, 3.05) is 18.8 Å². The number of carbonyl (C=O) groups is 1. The molecule has 1 saturated heterocycles. The summed E-state index contributed by atoms with van der Waals surface area (Å²) < 4.78 is 0. The van der Waals surface area contributed by atoms with Crippen molar-refractivity contribution in [3.05, 3.63) is 11.1 Å². The Morgan fingerprint density at radius 2 is 2.29 bits per heavy atom. The van der Waals surface area contributed by atoms with Crippen LogP contribution in [-0.4, -0.2) is 28.9 Å². The van der Waals surface area contributed by atoms with Crippen LogP contribution in [0.1, 0.15) is 18.5 Å². The first-order chi connectivity index (χ1) is 6.75. The van der Waals surface area contributed by atoms with Crippen molar-refractivity contribution in [3.8, 4) is 0 Å². The highest BCUT2D eigenvalue weighted by Crippen LogP contribution is 2.14. The van der Waals surface area contributed by atoms with Crippen molar-refractivity contribution < 1.29 is 4.79 Å². The number of nitrogen functional groups attached to an aromatic ring is 1. The smallest absolute Gasteiger partial charge is 0.228 e. The van der Waals surface area contributed by atoms with E-state index in [1.165, 1.54) is 11.3 Å². The van der Waals surface area contributed by atoms with Gasteiger partial charge in [-0.15, -0.1) is 11.3 Å². The molecular formula is C9H13N3OS. The van der Waals surface area contributed by atoms with Crippen LogP contribution < -0.4 is 5.73 Å². The largest absolute Gasteiger partial charge is 0.375 e. The number of likely N-dealkylation sites (tertiary alicyclic amines) is 1. The van der Waals surface area contributed by atoms with Crippen molar-refractivity contribution in [2.45, 2.75) is 19.3 Å². The number of aromatic nitrogens is 1. The number of anilines is 1. The van der Waals surface area contributed by atoms with Gasteiger partial charge in [0.1, 0.15) is 0 Å². The molecule has 1 aliphatic heterocycles. The SMILES string of the molecule is Nc1nc(CC(=O)N2CCCC2)cs1. The van der Waals surface area contributed by atoms with Gasteiger partial charge in [-0.1, -0.05) is 0 Å². The van der Waals surface area contributed by atoms with E-state index in [0.29, 0.717) is 11.6 Å². The summed E-state index contributed by atoms with van der Waals surface area (Å²) in [6, 6.07) is 0. The van der Waals surface area contributed by atoms with E-state index in [-0.39, 0.29) is 5.91 Å². The van der Waals surface area contributed by atoms with E-state index in [1.54, 1.807) is 0 Å². The fraction of sp³-hybridized carbons (Fsp3) is 0.556. The quantitative estimate of drug-likeness (QED) is 0.790. The Morgan fingerprint density at radius 1 is 1.57 bits per heavy atom. The molecule has 0 radical (unpaired) electrons. The fourth-order valence-corrected chi connectivity index (χ4v) is 2.20. The first-order valence-corrected chi connectivity index (χ1v) is 5.61. The van der Waals surface area contributed by atoms with E-state index in [1.807, 2.05) is 10.3 Å². The third-order valence-electron chi connectivity index (χ3n) is 2.36. The zero-order valence-electron chi connectivity index (χ0n) is 7.90. The number of hydrogen-bond acceptors (Lipinski definition) is 4. The molecule has 1 aliphatic rings. The average Bonchev–Trinajstić information content (AvgIpc) is 2.75. The number of hydrogen-bond donors (Lipinski definition) is 1. The molecule has 2 rings (SSSR count). The summed E-state index contributed by atoms with van der Waals surface area (Å²) in [5.41, 5.74) is 6.29. The molecule has 76 valence electrons. The summed E-state index contributed by atoms with van der Waals surface area (Å²) in [6.45, 7) is 1.80. The maximum atomic E-state index is 11.7. The van der Waals surface area contributed by atoms with Crippen LogP contribution in [-0.2, 0) is 11.2 Å². The van der Waals surface area contributed by atoms with E-state index in [9.17, 15) is 4.79 Å². The molecule has 2 N–H and O–H groups in total. The average molecular weight is 211 g/mol. The lowest BCUT2D eigenvalue weighted by molar-refractivity contribution is -0.129. The molecule has 0 atom stereocenters. The Bertz CT molecular complexity index is 331. The van der Waals surface area contributed by atoms with Crippen molar-refractivity contribution in [2.24, 2.45) is 0 Å². The van der Waals surface area contributed by atoms with Crippen molar-refractivity contribution in [1.82, 2.24) is 9.88 Å². The Kier molecular flexibility index (Phi) is 2.67. The van der Waals surface area contributed by atoms with Gasteiger partial charge in [-0.3, -0.25) is 4.79 Å². The van der Waals surface area contributed by atoms with Crippen molar-refractivity contribution in [3.63, 3.8) is 0 Å². The third kappa shape index (κ3) is 2.04. The number of amides is 1. The Morgan fingerprint density at radius 3 is 2.86 bits per heavy atom. The molecule has 0 saturated carbocycles. The van der Waals surface area contributed by atoms with Gasteiger partial charge < -0.3 is 10.6 Å². The van der Waals surface area contributed by atoms with Gasteiger partial charge in [0.05, 0.1) is 12.1 Å². The molecule has 0 aliphatic carbocycles. The van der Waals surface area contributed by atoms with Crippen LogP contribution >= 0.6 is 11.3 Å². The van der Waals surface area contributed by atoms with Crippen molar-refractivity contribution >= 4 is 22.4 Å². The van der Waals surface area contributed by atoms with Gasteiger partial charge in [-0.2, -0.15) is 0 Å². The summed E-state index contributed by atoms with van der Waals surface area (Å²) in [6.07, 6.45) is 2.66. The van der Waals surface area contributed by atoms with Crippen LogP contribution in [0.25, 0.3) is 0 Å². The molecule has 0 bridgehead atoms. The first kappa shape index (κ1) is 9.45. The van der Waals surface area contributed by atoms with E-state index >= 15 is 0 Å². The number of nitrogens with zero attached hydrogens (tertiary/aromatic N) is 2. The highest BCUT2D eigenvalue weighted by molar-refractivity contribution is 7.13. The van der Waals surface area contributed by atoms with E-state index in [0.717, 1.165) is 31.6 Å². The minimum atomic E-state index is 0.174. The van der Waals surface area contributed by atoms with Gasteiger partial charge in [0.25, 0.3) is 0 Å². The molecule has 0 aromatic carbocycles. The summed E-state index contributed by atoms with van der Waals surface area (Å²) >= 11 is 1.38. The molecule has 14 heavy (non-hydrogen) atoms. The molecule has 1 aromatic rings. The Labute approximate surface area is 86.7 Å². The van der Waals surface area contributed by atoms with Gasteiger partial charge in [-0.05, 0) is 12.8 Å². The molecular weight excluding hydrogens is 198 g/mol. The number of nitrogens with two attached hydrogens (primary N) is 1. The maximum absolute atomic E-state index is 11.7. The highest BCUT2D eigenvalue weighted by Gasteiger charge is 2.18. The monoisotopic (exact) mass is 211 g/mol. The number of carbonyl (C=O) groups excluding carboxylic acids is 1. The summed E-state index contributed by atoms with van der Waals surface area (Å²) in [7, 11) is 0. The van der Waals surface area contributed by atoms with Crippen LogP contribution in [0, 0.1) is 0 Å². The number of rotatable bonds is 2. The van der Waals surface area contributed by atoms with E-state index in [2.05, 4.69) is 4.98 Å². The standard InChI is InChI=1S/C9H13N3OS/c10-9-11-7(6-14-9)5-8(13)12-3-1-2-4-12/h6H,1-5H2,(H2,10,11). The van der Waals surface area contributed by atoms with Crippen LogP contribution in [0.2, 0.25) is 0 Å².